The van der Waals surface area contributed by atoms with Crippen LogP contribution in [0.3, 0.4) is 0 Å². The van der Waals surface area contributed by atoms with Gasteiger partial charge in [-0.05, 0) is 64.5 Å². The van der Waals surface area contributed by atoms with Crippen molar-refractivity contribution in [2.75, 3.05) is 19.6 Å². The fourth-order valence-electron chi connectivity index (χ4n) is 3.58. The highest BCUT2D eigenvalue weighted by atomic mass is 32.1. The number of hydrogen-bond donors (Lipinski definition) is 8. The van der Waals surface area contributed by atoms with Gasteiger partial charge in [-0.15, -0.1) is 11.3 Å². The van der Waals surface area contributed by atoms with Crippen LogP contribution in [0.4, 0.5) is 0 Å². The summed E-state index contributed by atoms with van der Waals surface area (Å²) in [6.45, 7) is 1.14. The summed E-state index contributed by atoms with van der Waals surface area (Å²) in [7, 11) is 0. The molecule has 214 valence electrons. The van der Waals surface area contributed by atoms with Crippen LogP contribution in [0.15, 0.2) is 16.6 Å². The van der Waals surface area contributed by atoms with E-state index in [1.54, 1.807) is 11.6 Å². The largest absolute Gasteiger partial charge is 0.370 e. The van der Waals surface area contributed by atoms with E-state index in [0.29, 0.717) is 56.6 Å². The van der Waals surface area contributed by atoms with E-state index in [1.807, 2.05) is 0 Å². The Labute approximate surface area is 226 Å². The van der Waals surface area contributed by atoms with Gasteiger partial charge >= 0.3 is 0 Å². The third-order valence-electron chi connectivity index (χ3n) is 5.58. The summed E-state index contributed by atoms with van der Waals surface area (Å²) in [6, 6.07) is -2.80. The zero-order valence-electron chi connectivity index (χ0n) is 21.7. The Morgan fingerprint density at radius 2 is 1.37 bits per heavy atom. The number of nitrogens with one attached hydrogen (secondary N) is 3. The monoisotopic (exact) mass is 554 g/mol. The van der Waals surface area contributed by atoms with Gasteiger partial charge in [-0.1, -0.05) is 0 Å². The maximum Gasteiger partial charge on any atom is 0.243 e. The Morgan fingerprint density at radius 3 is 1.87 bits per heavy atom. The second-order valence-electron chi connectivity index (χ2n) is 8.77. The van der Waals surface area contributed by atoms with E-state index in [2.05, 4.69) is 25.9 Å². The van der Waals surface area contributed by atoms with E-state index >= 15 is 0 Å². The third-order valence-corrected chi connectivity index (χ3v) is 6.36. The van der Waals surface area contributed by atoms with E-state index in [0.717, 1.165) is 0 Å². The molecule has 0 aromatic carbocycles. The van der Waals surface area contributed by atoms with Crippen LogP contribution >= 0.6 is 11.3 Å². The van der Waals surface area contributed by atoms with Gasteiger partial charge < -0.3 is 44.6 Å². The molecule has 3 atom stereocenters. The first kappa shape index (κ1) is 32.7. The first-order valence-electron chi connectivity index (χ1n) is 12.7. The van der Waals surface area contributed by atoms with Gasteiger partial charge in [0.2, 0.25) is 23.6 Å². The summed E-state index contributed by atoms with van der Waals surface area (Å²) in [5.74, 6) is -2.22. The van der Waals surface area contributed by atoms with Gasteiger partial charge in [-0.3, -0.25) is 24.2 Å². The molecule has 1 rings (SSSR count). The van der Waals surface area contributed by atoms with Crippen LogP contribution in [0.25, 0.3) is 0 Å². The lowest BCUT2D eigenvalue weighted by atomic mass is 10.0. The SMILES string of the molecule is NCCCC[C@H](NC(=O)Cc1nccs1)C(=O)N[C@@H](CCCCN)C(=O)N[C@@H](CCCN=C(N)N)C(N)=O. The van der Waals surface area contributed by atoms with E-state index in [4.69, 9.17) is 28.7 Å². The first-order chi connectivity index (χ1) is 18.2. The zero-order valence-corrected chi connectivity index (χ0v) is 22.5. The Balaban J connectivity index is 2.90. The molecule has 14 nitrogen and oxygen atoms in total. The Bertz CT molecular complexity index is 893. The van der Waals surface area contributed by atoms with Gasteiger partial charge in [0.25, 0.3) is 0 Å². The average Bonchev–Trinajstić information content (AvgIpc) is 3.37. The second-order valence-corrected chi connectivity index (χ2v) is 9.74. The number of nitrogens with two attached hydrogens (primary N) is 5. The van der Waals surface area contributed by atoms with Crippen LogP contribution in [0.2, 0.25) is 0 Å². The number of rotatable bonds is 20. The first-order valence-corrected chi connectivity index (χ1v) is 13.6. The van der Waals surface area contributed by atoms with Gasteiger partial charge in [-0.2, -0.15) is 0 Å². The van der Waals surface area contributed by atoms with Gasteiger partial charge in [-0.25, -0.2) is 4.98 Å². The van der Waals surface area contributed by atoms with E-state index in [1.165, 1.54) is 11.3 Å². The topological polar surface area (TPSA) is 260 Å². The molecule has 0 spiro atoms. The Hall–Kier alpha value is -3.30. The molecule has 15 heteroatoms. The van der Waals surface area contributed by atoms with Crippen LogP contribution in [0, 0.1) is 0 Å². The van der Waals surface area contributed by atoms with Crippen molar-refractivity contribution in [1.29, 1.82) is 0 Å². The van der Waals surface area contributed by atoms with Gasteiger partial charge in [0.05, 0.1) is 6.42 Å². The van der Waals surface area contributed by atoms with Gasteiger partial charge in [0, 0.05) is 18.1 Å². The van der Waals surface area contributed by atoms with Gasteiger partial charge in [0.15, 0.2) is 5.96 Å². The number of guanidine groups is 1. The van der Waals surface area contributed by atoms with Crippen LogP contribution in [-0.4, -0.2) is 72.3 Å². The molecule has 0 radical (unpaired) electrons. The number of hydrogen-bond acceptors (Lipinski definition) is 9. The number of aromatic nitrogens is 1. The van der Waals surface area contributed by atoms with Crippen molar-refractivity contribution >= 4 is 40.9 Å². The molecule has 0 saturated carbocycles. The number of carbonyl (C=O) groups is 4. The van der Waals surface area contributed by atoms with Crippen molar-refractivity contribution in [2.24, 2.45) is 33.7 Å². The van der Waals surface area contributed by atoms with Crippen molar-refractivity contribution in [3.05, 3.63) is 16.6 Å². The average molecular weight is 555 g/mol. The molecule has 1 aromatic rings. The maximum atomic E-state index is 13.2. The molecule has 1 heterocycles. The number of aliphatic imine (C=N–C) groups is 1. The van der Waals surface area contributed by atoms with Crippen LogP contribution < -0.4 is 44.6 Å². The number of unbranched alkanes of at least 4 members (excludes halogenated alkanes) is 2. The molecule has 13 N–H and O–H groups in total. The zero-order chi connectivity index (χ0) is 28.3. The van der Waals surface area contributed by atoms with Crippen LogP contribution in [0.1, 0.15) is 56.4 Å². The lowest BCUT2D eigenvalue weighted by Crippen LogP contribution is -2.56. The fraction of sp³-hybridized carbons (Fsp3) is 0.652. The molecule has 0 unspecified atom stereocenters. The summed E-state index contributed by atoms with van der Waals surface area (Å²) >= 11 is 1.34. The molecule has 0 bridgehead atoms. The minimum absolute atomic E-state index is 0.0406. The number of thiazole rings is 1. The molecule has 0 aliphatic carbocycles. The summed E-state index contributed by atoms with van der Waals surface area (Å²) < 4.78 is 0. The van der Waals surface area contributed by atoms with Crippen LogP contribution in [-0.2, 0) is 25.6 Å². The predicted molar refractivity (Wildman–Crippen MR) is 147 cm³/mol. The Kier molecular flexibility index (Phi) is 16.3. The highest BCUT2D eigenvalue weighted by Crippen LogP contribution is 2.09. The van der Waals surface area contributed by atoms with E-state index in [9.17, 15) is 19.2 Å². The Morgan fingerprint density at radius 1 is 0.816 bits per heavy atom. The highest BCUT2D eigenvalue weighted by Gasteiger charge is 2.28. The number of amides is 4. The fourth-order valence-corrected chi connectivity index (χ4v) is 4.19. The molecular formula is C23H42N10O4S. The lowest BCUT2D eigenvalue weighted by molar-refractivity contribution is -0.133. The molecule has 0 saturated heterocycles. The summed E-state index contributed by atoms with van der Waals surface area (Å²) in [5.41, 5.74) is 27.3. The second kappa shape index (κ2) is 18.9. The van der Waals surface area contributed by atoms with Crippen molar-refractivity contribution in [3.8, 4) is 0 Å². The molecule has 1 aromatic heterocycles. The number of carbonyl (C=O) groups excluding carboxylic acids is 4. The molecule has 0 aliphatic rings. The smallest absolute Gasteiger partial charge is 0.243 e. The minimum Gasteiger partial charge on any atom is -0.370 e. The lowest BCUT2D eigenvalue weighted by Gasteiger charge is -2.25. The standard InChI is InChI=1S/C23H42N10O4S/c24-9-3-1-6-16(31-18(34)14-19-29-12-13-38-19)21(36)33-17(7-2-4-10-25)22(37)32-15(20(26)35)8-5-11-30-23(27)28/h12-13,15-17H,1-11,14,24-25H2,(H2,26,35)(H,31,34)(H,32,37)(H,33,36)(H4,27,28,30)/t15-,16-,17-/m0/s1. The van der Waals surface area contributed by atoms with E-state index < -0.39 is 35.8 Å². The van der Waals surface area contributed by atoms with Crippen molar-refractivity contribution in [3.63, 3.8) is 0 Å². The normalized spacial score (nSPS) is 13.1. The van der Waals surface area contributed by atoms with E-state index in [-0.39, 0.29) is 37.7 Å². The van der Waals surface area contributed by atoms with Crippen LogP contribution in [0.5, 0.6) is 0 Å². The summed E-state index contributed by atoms with van der Waals surface area (Å²) in [5, 5.41) is 10.5. The molecule has 38 heavy (non-hydrogen) atoms. The number of nitrogens with zero attached hydrogens (tertiary/aromatic N) is 2. The van der Waals surface area contributed by atoms with Crippen molar-refractivity contribution < 1.29 is 19.2 Å². The quantitative estimate of drug-likeness (QED) is 0.0499. The minimum atomic E-state index is -0.969. The molecule has 0 fully saturated rings. The van der Waals surface area contributed by atoms with Gasteiger partial charge in [0.1, 0.15) is 23.1 Å². The summed E-state index contributed by atoms with van der Waals surface area (Å²) in [6.07, 6.45) is 5.39. The summed E-state index contributed by atoms with van der Waals surface area (Å²) in [4.78, 5) is 58.7. The molecule has 4 amide bonds. The third kappa shape index (κ3) is 13.9. The van der Waals surface area contributed by atoms with Crippen molar-refractivity contribution in [1.82, 2.24) is 20.9 Å². The molecule has 0 aliphatic heterocycles. The maximum absolute atomic E-state index is 13.2. The van der Waals surface area contributed by atoms with Crippen molar-refractivity contribution in [2.45, 2.75) is 75.9 Å². The molecular weight excluding hydrogens is 512 g/mol. The highest BCUT2D eigenvalue weighted by molar-refractivity contribution is 7.09. The number of primary amides is 1. The predicted octanol–water partition coefficient (Wildman–Crippen LogP) is -2.06.